The Labute approximate surface area is 118 Å². The van der Waals surface area contributed by atoms with Crippen LogP contribution in [0.1, 0.15) is 57.5 Å². The molecule has 0 fully saturated rings. The second-order valence-corrected chi connectivity index (χ2v) is 5.84. The summed E-state index contributed by atoms with van der Waals surface area (Å²) in [5, 5.41) is 15.6. The lowest BCUT2D eigenvalue weighted by Gasteiger charge is -2.25. The summed E-state index contributed by atoms with van der Waals surface area (Å²) < 4.78 is 0. The Morgan fingerprint density at radius 2 is 2.00 bits per heavy atom. The highest BCUT2D eigenvalue weighted by molar-refractivity contribution is 5.92. The standard InChI is InChI=1S/C13H22N4O3/c1-6-8(2)17(7-9(18)19)11(20)10-14-12(16-15-10)13(3,4)5/h8H,6-7H2,1-5H3,(H,18,19)(H,14,15,16). The maximum absolute atomic E-state index is 12.3. The van der Waals surface area contributed by atoms with Gasteiger partial charge in [-0.1, -0.05) is 27.7 Å². The molecule has 2 N–H and O–H groups in total. The first-order valence-corrected chi connectivity index (χ1v) is 6.62. The molecule has 1 atom stereocenters. The smallest absolute Gasteiger partial charge is 0.323 e. The molecule has 0 aromatic carbocycles. The maximum atomic E-state index is 12.3. The number of carboxylic acids is 1. The van der Waals surface area contributed by atoms with E-state index in [1.165, 1.54) is 4.90 Å². The number of hydrogen-bond acceptors (Lipinski definition) is 4. The number of carbonyl (C=O) groups excluding carboxylic acids is 1. The molecule has 1 amide bonds. The van der Waals surface area contributed by atoms with Crippen molar-refractivity contribution in [3.63, 3.8) is 0 Å². The number of carboxylic acid groups (broad SMARTS) is 1. The zero-order valence-electron chi connectivity index (χ0n) is 12.6. The van der Waals surface area contributed by atoms with Gasteiger partial charge < -0.3 is 10.0 Å². The molecule has 1 aromatic heterocycles. The number of H-pyrrole nitrogens is 1. The molecule has 20 heavy (non-hydrogen) atoms. The van der Waals surface area contributed by atoms with Gasteiger partial charge in [-0.05, 0) is 13.3 Å². The summed E-state index contributed by atoms with van der Waals surface area (Å²) in [5.74, 6) is -0.907. The van der Waals surface area contributed by atoms with Crippen LogP contribution in [0.4, 0.5) is 0 Å². The van der Waals surface area contributed by atoms with Crippen molar-refractivity contribution in [1.82, 2.24) is 20.1 Å². The number of aromatic amines is 1. The summed E-state index contributed by atoms with van der Waals surface area (Å²) in [7, 11) is 0. The Kier molecular flexibility index (Phi) is 4.86. The van der Waals surface area contributed by atoms with Gasteiger partial charge in [0.25, 0.3) is 5.91 Å². The van der Waals surface area contributed by atoms with Crippen LogP contribution in [0.15, 0.2) is 0 Å². The Morgan fingerprint density at radius 1 is 1.40 bits per heavy atom. The van der Waals surface area contributed by atoms with E-state index in [0.717, 1.165) is 0 Å². The predicted octanol–water partition coefficient (Wildman–Crippen LogP) is 1.43. The minimum absolute atomic E-state index is 0.0106. The van der Waals surface area contributed by atoms with Gasteiger partial charge in [-0.2, -0.15) is 0 Å². The van der Waals surface area contributed by atoms with Crippen molar-refractivity contribution in [2.45, 2.75) is 52.5 Å². The molecule has 1 unspecified atom stereocenters. The average molecular weight is 282 g/mol. The number of aromatic nitrogens is 3. The fourth-order valence-corrected chi connectivity index (χ4v) is 1.62. The molecule has 1 aromatic rings. The molecular formula is C13H22N4O3. The molecule has 7 heteroatoms. The van der Waals surface area contributed by atoms with Gasteiger partial charge in [-0.25, -0.2) is 4.98 Å². The lowest BCUT2D eigenvalue weighted by Crippen LogP contribution is -2.42. The van der Waals surface area contributed by atoms with Crippen LogP contribution < -0.4 is 0 Å². The van der Waals surface area contributed by atoms with Crippen LogP contribution in [-0.2, 0) is 10.2 Å². The number of aliphatic carboxylic acids is 1. The maximum Gasteiger partial charge on any atom is 0.323 e. The highest BCUT2D eigenvalue weighted by Gasteiger charge is 2.27. The average Bonchev–Trinajstić information content (AvgIpc) is 2.83. The monoisotopic (exact) mass is 282 g/mol. The van der Waals surface area contributed by atoms with Crippen LogP contribution in [-0.4, -0.2) is 49.7 Å². The molecule has 0 saturated heterocycles. The van der Waals surface area contributed by atoms with Crippen LogP contribution in [0.3, 0.4) is 0 Å². The highest BCUT2D eigenvalue weighted by atomic mass is 16.4. The number of nitrogens with zero attached hydrogens (tertiary/aromatic N) is 3. The number of rotatable bonds is 5. The minimum Gasteiger partial charge on any atom is -0.480 e. The first-order chi connectivity index (χ1) is 9.16. The van der Waals surface area contributed by atoms with E-state index in [1.54, 1.807) is 6.92 Å². The normalized spacial score (nSPS) is 13.1. The molecule has 1 rings (SSSR count). The van der Waals surface area contributed by atoms with Crippen molar-refractivity contribution >= 4 is 11.9 Å². The molecular weight excluding hydrogens is 260 g/mol. The van der Waals surface area contributed by atoms with E-state index in [4.69, 9.17) is 5.11 Å². The van der Waals surface area contributed by atoms with E-state index >= 15 is 0 Å². The van der Waals surface area contributed by atoms with E-state index in [1.807, 2.05) is 27.7 Å². The summed E-state index contributed by atoms with van der Waals surface area (Å²) in [6, 6.07) is -0.185. The van der Waals surface area contributed by atoms with Crippen molar-refractivity contribution in [3.05, 3.63) is 11.6 Å². The molecule has 7 nitrogen and oxygen atoms in total. The second kappa shape index (κ2) is 6.02. The lowest BCUT2D eigenvalue weighted by molar-refractivity contribution is -0.138. The zero-order chi connectivity index (χ0) is 15.5. The molecule has 0 bridgehead atoms. The Balaban J connectivity index is 3.00. The number of amides is 1. The van der Waals surface area contributed by atoms with Crippen molar-refractivity contribution in [2.75, 3.05) is 6.54 Å². The van der Waals surface area contributed by atoms with Gasteiger partial charge in [0, 0.05) is 11.5 Å². The molecule has 0 aliphatic heterocycles. The molecule has 0 spiro atoms. The molecule has 0 radical (unpaired) electrons. The van der Waals surface area contributed by atoms with E-state index < -0.39 is 11.9 Å². The lowest BCUT2D eigenvalue weighted by atomic mass is 9.96. The zero-order valence-corrected chi connectivity index (χ0v) is 12.6. The van der Waals surface area contributed by atoms with Crippen molar-refractivity contribution < 1.29 is 14.7 Å². The van der Waals surface area contributed by atoms with E-state index in [-0.39, 0.29) is 23.8 Å². The quantitative estimate of drug-likeness (QED) is 0.851. The second-order valence-electron chi connectivity index (χ2n) is 5.84. The summed E-state index contributed by atoms with van der Waals surface area (Å²) in [5.41, 5.74) is -0.250. The van der Waals surface area contributed by atoms with Gasteiger partial charge in [0.15, 0.2) is 0 Å². The predicted molar refractivity (Wildman–Crippen MR) is 73.5 cm³/mol. The number of hydrogen-bond donors (Lipinski definition) is 2. The third-order valence-corrected chi connectivity index (χ3v) is 3.08. The first-order valence-electron chi connectivity index (χ1n) is 6.62. The molecule has 0 aliphatic carbocycles. The van der Waals surface area contributed by atoms with Gasteiger partial charge in [0.05, 0.1) is 0 Å². The van der Waals surface area contributed by atoms with Gasteiger partial charge >= 0.3 is 5.97 Å². The van der Waals surface area contributed by atoms with Crippen LogP contribution in [0, 0.1) is 0 Å². The Bertz CT molecular complexity index is 490. The SMILES string of the molecule is CCC(C)N(CC(=O)O)C(=O)c1n[nH]c(C(C)(C)C)n1. The third kappa shape index (κ3) is 3.79. The number of nitrogens with one attached hydrogen (secondary N) is 1. The topological polar surface area (TPSA) is 99.2 Å². The van der Waals surface area contributed by atoms with Gasteiger partial charge in [0.1, 0.15) is 12.4 Å². The minimum atomic E-state index is -1.05. The summed E-state index contributed by atoms with van der Waals surface area (Å²) >= 11 is 0. The van der Waals surface area contributed by atoms with Gasteiger partial charge in [-0.3, -0.25) is 14.7 Å². The fraction of sp³-hybridized carbons (Fsp3) is 0.692. The Hall–Kier alpha value is -1.92. The molecule has 0 saturated carbocycles. The van der Waals surface area contributed by atoms with Crippen LogP contribution >= 0.6 is 0 Å². The largest absolute Gasteiger partial charge is 0.480 e. The van der Waals surface area contributed by atoms with E-state index in [0.29, 0.717) is 12.2 Å². The summed E-state index contributed by atoms with van der Waals surface area (Å²) in [4.78, 5) is 28.7. The highest BCUT2D eigenvalue weighted by Crippen LogP contribution is 2.18. The van der Waals surface area contributed by atoms with Crippen LogP contribution in [0.5, 0.6) is 0 Å². The molecule has 112 valence electrons. The first kappa shape index (κ1) is 16.1. The van der Waals surface area contributed by atoms with Crippen molar-refractivity contribution in [3.8, 4) is 0 Å². The molecule has 0 aliphatic rings. The summed E-state index contributed by atoms with van der Waals surface area (Å²) in [6.45, 7) is 9.19. The Morgan fingerprint density at radius 3 is 2.40 bits per heavy atom. The van der Waals surface area contributed by atoms with Crippen LogP contribution in [0.25, 0.3) is 0 Å². The van der Waals surface area contributed by atoms with Gasteiger partial charge in [-0.15, -0.1) is 5.10 Å². The van der Waals surface area contributed by atoms with Crippen molar-refractivity contribution in [1.29, 1.82) is 0 Å². The van der Waals surface area contributed by atoms with E-state index in [2.05, 4.69) is 15.2 Å². The van der Waals surface area contributed by atoms with Crippen molar-refractivity contribution in [2.24, 2.45) is 0 Å². The molecule has 1 heterocycles. The third-order valence-electron chi connectivity index (χ3n) is 3.08. The van der Waals surface area contributed by atoms with E-state index in [9.17, 15) is 9.59 Å². The summed E-state index contributed by atoms with van der Waals surface area (Å²) in [6.07, 6.45) is 0.662. The van der Waals surface area contributed by atoms with Gasteiger partial charge in [0.2, 0.25) is 5.82 Å². The number of carbonyl (C=O) groups is 2. The fourth-order valence-electron chi connectivity index (χ4n) is 1.62. The van der Waals surface area contributed by atoms with Crippen LogP contribution in [0.2, 0.25) is 0 Å².